The van der Waals surface area contributed by atoms with Gasteiger partial charge in [-0.1, -0.05) is 23.9 Å². The zero-order valence-corrected chi connectivity index (χ0v) is 18.3. The van der Waals surface area contributed by atoms with Crippen molar-refractivity contribution in [2.45, 2.75) is 30.6 Å². The predicted octanol–water partition coefficient (Wildman–Crippen LogP) is 1.87. The summed E-state index contributed by atoms with van der Waals surface area (Å²) >= 11 is 1.18. The molecule has 12 heteroatoms. The first-order chi connectivity index (χ1) is 15.6. The Morgan fingerprint density at radius 2 is 2.00 bits per heavy atom. The number of carbonyl (C=O) groups is 2. The van der Waals surface area contributed by atoms with Gasteiger partial charge in [-0.15, -0.1) is 10.2 Å². The second-order valence-corrected chi connectivity index (χ2v) is 8.34. The van der Waals surface area contributed by atoms with Crippen LogP contribution in [0.4, 0.5) is 20.8 Å². The summed E-state index contributed by atoms with van der Waals surface area (Å²) < 4.78 is 26.8. The van der Waals surface area contributed by atoms with Crippen molar-refractivity contribution in [1.82, 2.24) is 20.1 Å². The summed E-state index contributed by atoms with van der Waals surface area (Å²) in [6, 6.07) is 4.94. The molecule has 10 nitrogen and oxygen atoms in total. The molecule has 1 atom stereocenters. The number of hydrogen-bond acceptors (Lipinski definition) is 8. The molecule has 0 bridgehead atoms. The first-order valence-corrected chi connectivity index (χ1v) is 11.4. The molecule has 2 saturated heterocycles. The lowest BCUT2D eigenvalue weighted by molar-refractivity contribution is -0.117. The fraction of sp³-hybridized carbons (Fsp3) is 0.500. The topological polar surface area (TPSA) is 111 Å². The van der Waals surface area contributed by atoms with E-state index in [4.69, 9.17) is 9.47 Å². The molecule has 172 valence electrons. The number of hydrogen-bond donors (Lipinski definition) is 2. The number of halogens is 1. The molecule has 0 saturated carbocycles. The molecule has 0 radical (unpaired) electrons. The second-order valence-electron chi connectivity index (χ2n) is 7.40. The molecular weight excluding hydrogens is 439 g/mol. The third kappa shape index (κ3) is 5.75. The molecule has 2 fully saturated rings. The van der Waals surface area contributed by atoms with Crippen molar-refractivity contribution in [2.75, 3.05) is 48.9 Å². The SMILES string of the molecule is O=C(CSc1nnc(N2CCOCC2)n1CC1CCCO1)NC(=O)Nc1ccccc1F. The highest BCUT2D eigenvalue weighted by molar-refractivity contribution is 7.99. The van der Waals surface area contributed by atoms with Gasteiger partial charge in [0.25, 0.3) is 0 Å². The van der Waals surface area contributed by atoms with Gasteiger partial charge in [-0.2, -0.15) is 0 Å². The van der Waals surface area contributed by atoms with E-state index in [-0.39, 0.29) is 17.5 Å². The number of benzene rings is 1. The summed E-state index contributed by atoms with van der Waals surface area (Å²) in [4.78, 5) is 26.4. The lowest BCUT2D eigenvalue weighted by Gasteiger charge is -2.28. The van der Waals surface area contributed by atoms with Crippen molar-refractivity contribution in [3.05, 3.63) is 30.1 Å². The number of aromatic nitrogens is 3. The van der Waals surface area contributed by atoms with Gasteiger partial charge in [0.1, 0.15) is 5.82 Å². The van der Waals surface area contributed by atoms with Crippen molar-refractivity contribution in [3.63, 3.8) is 0 Å². The average Bonchev–Trinajstić information content (AvgIpc) is 3.45. The van der Waals surface area contributed by atoms with Gasteiger partial charge in [0.05, 0.1) is 37.3 Å². The van der Waals surface area contributed by atoms with E-state index >= 15 is 0 Å². The zero-order valence-electron chi connectivity index (χ0n) is 17.5. The molecule has 4 rings (SSSR count). The van der Waals surface area contributed by atoms with E-state index in [1.165, 1.54) is 30.0 Å². The van der Waals surface area contributed by atoms with Crippen LogP contribution in [0, 0.1) is 5.82 Å². The van der Waals surface area contributed by atoms with E-state index in [2.05, 4.69) is 25.7 Å². The Morgan fingerprint density at radius 1 is 1.19 bits per heavy atom. The van der Waals surface area contributed by atoms with Gasteiger partial charge in [-0.3, -0.25) is 14.7 Å². The van der Waals surface area contributed by atoms with Crippen LogP contribution in [0.5, 0.6) is 0 Å². The third-order valence-corrected chi connectivity index (χ3v) is 6.08. The number of nitrogens with one attached hydrogen (secondary N) is 2. The molecule has 0 spiro atoms. The molecular formula is C20H25FN6O4S. The number of thioether (sulfide) groups is 1. The molecule has 1 unspecified atom stereocenters. The molecule has 1 aromatic carbocycles. The van der Waals surface area contributed by atoms with Crippen LogP contribution >= 0.6 is 11.8 Å². The fourth-order valence-corrected chi connectivity index (χ4v) is 4.29. The minimum atomic E-state index is -0.796. The smallest absolute Gasteiger partial charge is 0.325 e. The standard InChI is InChI=1S/C20H25FN6O4S/c21-15-5-1-2-6-16(15)22-18(29)23-17(28)13-32-20-25-24-19(26-7-10-30-11-8-26)27(20)12-14-4-3-9-31-14/h1-2,5-6,14H,3-4,7-13H2,(H2,22,23,28,29). The molecule has 1 aromatic heterocycles. The van der Waals surface area contributed by atoms with Crippen LogP contribution in [0.15, 0.2) is 29.4 Å². The number of anilines is 2. The molecule has 2 N–H and O–H groups in total. The molecule has 3 heterocycles. The van der Waals surface area contributed by atoms with Crippen LogP contribution in [0.2, 0.25) is 0 Å². The maximum absolute atomic E-state index is 13.7. The molecule has 2 aromatic rings. The number of imide groups is 1. The summed E-state index contributed by atoms with van der Waals surface area (Å²) in [5, 5.41) is 13.7. The lowest BCUT2D eigenvalue weighted by atomic mass is 10.2. The average molecular weight is 465 g/mol. The quantitative estimate of drug-likeness (QED) is 0.598. The largest absolute Gasteiger partial charge is 0.378 e. The first kappa shape index (κ1) is 22.5. The molecule has 2 aliphatic heterocycles. The number of rotatable bonds is 7. The van der Waals surface area contributed by atoms with E-state index in [0.717, 1.165) is 25.4 Å². The van der Waals surface area contributed by atoms with E-state index < -0.39 is 17.8 Å². The van der Waals surface area contributed by atoms with Gasteiger partial charge in [0.15, 0.2) is 5.16 Å². The maximum Gasteiger partial charge on any atom is 0.325 e. The Hall–Kier alpha value is -2.70. The number of ether oxygens (including phenoxy) is 2. The Kier molecular flexibility index (Phi) is 7.55. The van der Waals surface area contributed by atoms with E-state index in [1.807, 2.05) is 4.57 Å². The van der Waals surface area contributed by atoms with E-state index in [9.17, 15) is 14.0 Å². The summed E-state index contributed by atoms with van der Waals surface area (Å²) in [7, 11) is 0. The van der Waals surface area contributed by atoms with Gasteiger partial charge in [0.2, 0.25) is 11.9 Å². The van der Waals surface area contributed by atoms with Crippen molar-refractivity contribution in [2.24, 2.45) is 0 Å². The Balaban J connectivity index is 1.37. The minimum Gasteiger partial charge on any atom is -0.378 e. The molecule has 32 heavy (non-hydrogen) atoms. The highest BCUT2D eigenvalue weighted by atomic mass is 32.2. The van der Waals surface area contributed by atoms with Crippen molar-refractivity contribution < 1.29 is 23.5 Å². The summed E-state index contributed by atoms with van der Waals surface area (Å²) in [6.07, 6.45) is 2.05. The van der Waals surface area contributed by atoms with Crippen molar-refractivity contribution in [3.8, 4) is 0 Å². The van der Waals surface area contributed by atoms with Crippen LogP contribution in [0.1, 0.15) is 12.8 Å². The number of morpholine rings is 1. The van der Waals surface area contributed by atoms with Crippen LogP contribution < -0.4 is 15.5 Å². The van der Waals surface area contributed by atoms with Crippen LogP contribution in [-0.2, 0) is 20.8 Å². The van der Waals surface area contributed by atoms with Crippen molar-refractivity contribution in [1.29, 1.82) is 0 Å². The van der Waals surface area contributed by atoms with Gasteiger partial charge in [-0.05, 0) is 25.0 Å². The number of carbonyl (C=O) groups excluding carboxylic acids is 2. The second kappa shape index (κ2) is 10.7. The fourth-order valence-electron chi connectivity index (χ4n) is 3.55. The third-order valence-electron chi connectivity index (χ3n) is 5.11. The van der Waals surface area contributed by atoms with Crippen LogP contribution in [0.25, 0.3) is 0 Å². The Labute approximate surface area is 188 Å². The monoisotopic (exact) mass is 464 g/mol. The molecule has 2 aliphatic rings. The van der Waals surface area contributed by atoms with Gasteiger partial charge < -0.3 is 19.7 Å². The zero-order chi connectivity index (χ0) is 22.3. The summed E-state index contributed by atoms with van der Waals surface area (Å²) in [5.74, 6) is -0.424. The normalized spacial score (nSPS) is 18.5. The molecule has 3 amide bonds. The number of urea groups is 1. The number of nitrogens with zero attached hydrogens (tertiary/aromatic N) is 4. The highest BCUT2D eigenvalue weighted by Crippen LogP contribution is 2.25. The van der Waals surface area contributed by atoms with Crippen molar-refractivity contribution >= 4 is 35.3 Å². The number of amides is 3. The summed E-state index contributed by atoms with van der Waals surface area (Å²) in [6.45, 7) is 4.00. The Morgan fingerprint density at radius 3 is 2.75 bits per heavy atom. The van der Waals surface area contributed by atoms with Gasteiger partial charge in [-0.25, -0.2) is 9.18 Å². The van der Waals surface area contributed by atoms with Crippen LogP contribution in [-0.4, -0.2) is 71.5 Å². The first-order valence-electron chi connectivity index (χ1n) is 10.5. The van der Waals surface area contributed by atoms with Gasteiger partial charge in [0, 0.05) is 19.7 Å². The van der Waals surface area contributed by atoms with Crippen LogP contribution in [0.3, 0.4) is 0 Å². The van der Waals surface area contributed by atoms with E-state index in [0.29, 0.717) is 38.0 Å². The number of para-hydroxylation sites is 1. The lowest BCUT2D eigenvalue weighted by Crippen LogP contribution is -2.38. The van der Waals surface area contributed by atoms with E-state index in [1.54, 1.807) is 6.07 Å². The summed E-state index contributed by atoms with van der Waals surface area (Å²) in [5.41, 5.74) is -0.00286. The Bertz CT molecular complexity index is 946. The van der Waals surface area contributed by atoms with Gasteiger partial charge >= 0.3 is 6.03 Å². The predicted molar refractivity (Wildman–Crippen MR) is 116 cm³/mol. The maximum atomic E-state index is 13.7. The highest BCUT2D eigenvalue weighted by Gasteiger charge is 2.25. The minimum absolute atomic E-state index is 0.00286. The molecule has 0 aliphatic carbocycles.